The average Bonchev–Trinajstić information content (AvgIpc) is 2.94. The van der Waals surface area contributed by atoms with Crippen LogP contribution in [0.3, 0.4) is 0 Å². The number of carbonyl (C=O) groups excluding carboxylic acids is 1. The molecular weight excluding hydrogens is 273 g/mol. The second kappa shape index (κ2) is 4.09. The van der Waals surface area contributed by atoms with E-state index in [1.165, 1.54) is 0 Å². The Morgan fingerprint density at radius 2 is 1.94 bits per heavy atom. The molecule has 1 atom stereocenters. The molecule has 18 heavy (non-hydrogen) atoms. The molecule has 104 valence electrons. The van der Waals surface area contributed by atoms with Crippen molar-refractivity contribution in [2.75, 3.05) is 13.1 Å². The van der Waals surface area contributed by atoms with E-state index in [1.54, 1.807) is 4.72 Å². The molecule has 0 aromatic carbocycles. The summed E-state index contributed by atoms with van der Waals surface area (Å²) in [6, 6.07) is 0. The number of alkyl halides is 3. The Balaban J connectivity index is 2.20. The number of nitrogens with one attached hydrogen (secondary N) is 2. The fourth-order valence-electron chi connectivity index (χ4n) is 1.95. The third-order valence-electron chi connectivity index (χ3n) is 3.33. The van der Waals surface area contributed by atoms with Crippen LogP contribution in [-0.4, -0.2) is 38.8 Å². The summed E-state index contributed by atoms with van der Waals surface area (Å²) in [5.74, 6) is -1.47. The minimum atomic E-state index is -4.76. The van der Waals surface area contributed by atoms with Gasteiger partial charge in [-0.15, -0.1) is 0 Å². The van der Waals surface area contributed by atoms with Crippen molar-refractivity contribution in [3.63, 3.8) is 0 Å². The zero-order chi connectivity index (χ0) is 13.6. The quantitative estimate of drug-likeness (QED) is 0.773. The summed E-state index contributed by atoms with van der Waals surface area (Å²) in [5.41, 5.74) is -2.63. The summed E-state index contributed by atoms with van der Waals surface area (Å²) in [5, 5.41) is 1.73. The number of amides is 1. The van der Waals surface area contributed by atoms with Crippen LogP contribution < -0.4 is 10.0 Å². The SMILES string of the molecule is O=C(NS(=O)(=O)C1CC1)C1(C(F)(F)F)CCNC1. The van der Waals surface area contributed by atoms with Crippen molar-refractivity contribution >= 4 is 15.9 Å². The summed E-state index contributed by atoms with van der Waals surface area (Å²) in [6.07, 6.45) is -4.43. The summed E-state index contributed by atoms with van der Waals surface area (Å²) in [7, 11) is -3.95. The van der Waals surface area contributed by atoms with Gasteiger partial charge in [0.25, 0.3) is 0 Å². The molecule has 9 heteroatoms. The summed E-state index contributed by atoms with van der Waals surface area (Å²) in [6.45, 7) is -0.543. The molecule has 1 unspecified atom stereocenters. The van der Waals surface area contributed by atoms with Crippen LogP contribution >= 0.6 is 0 Å². The molecule has 0 bridgehead atoms. The molecule has 0 aromatic rings. The first-order chi connectivity index (χ1) is 8.19. The van der Waals surface area contributed by atoms with Gasteiger partial charge in [0.15, 0.2) is 5.41 Å². The Bertz CT molecular complexity index is 450. The highest BCUT2D eigenvalue weighted by atomic mass is 32.2. The summed E-state index contributed by atoms with van der Waals surface area (Å²) >= 11 is 0. The standard InChI is InChI=1S/C9H13F3N2O3S/c10-9(11,12)8(3-4-13-5-8)7(15)14-18(16,17)6-1-2-6/h6,13H,1-5H2,(H,14,15). The molecule has 1 saturated heterocycles. The van der Waals surface area contributed by atoms with Gasteiger partial charge < -0.3 is 5.32 Å². The van der Waals surface area contributed by atoms with E-state index < -0.39 is 45.7 Å². The third kappa shape index (κ3) is 2.20. The monoisotopic (exact) mass is 286 g/mol. The largest absolute Gasteiger partial charge is 0.404 e. The molecule has 0 spiro atoms. The first-order valence-corrected chi connectivity index (χ1v) is 7.07. The van der Waals surface area contributed by atoms with Crippen molar-refractivity contribution in [2.24, 2.45) is 5.41 Å². The van der Waals surface area contributed by atoms with Crippen LogP contribution in [0, 0.1) is 5.41 Å². The Kier molecular flexibility index (Phi) is 3.09. The van der Waals surface area contributed by atoms with E-state index in [0.29, 0.717) is 12.8 Å². The molecule has 2 fully saturated rings. The fraction of sp³-hybridized carbons (Fsp3) is 0.889. The molecule has 1 saturated carbocycles. The number of hydrogen-bond donors (Lipinski definition) is 2. The zero-order valence-electron chi connectivity index (χ0n) is 9.38. The topological polar surface area (TPSA) is 75.3 Å². The lowest BCUT2D eigenvalue weighted by Gasteiger charge is -2.29. The van der Waals surface area contributed by atoms with Gasteiger partial charge in [-0.2, -0.15) is 13.2 Å². The van der Waals surface area contributed by atoms with Crippen molar-refractivity contribution in [1.29, 1.82) is 0 Å². The van der Waals surface area contributed by atoms with Gasteiger partial charge in [-0.3, -0.25) is 9.52 Å². The molecule has 0 radical (unpaired) electrons. The minimum absolute atomic E-state index is 0.0381. The second-order valence-corrected chi connectivity index (χ2v) is 6.64. The van der Waals surface area contributed by atoms with Crippen molar-refractivity contribution in [2.45, 2.75) is 30.7 Å². The van der Waals surface area contributed by atoms with Gasteiger partial charge in [-0.25, -0.2) is 8.42 Å². The van der Waals surface area contributed by atoms with Crippen LogP contribution in [0.5, 0.6) is 0 Å². The van der Waals surface area contributed by atoms with Crippen molar-refractivity contribution in [1.82, 2.24) is 10.0 Å². The van der Waals surface area contributed by atoms with Gasteiger partial charge in [0.05, 0.1) is 5.25 Å². The smallest absolute Gasteiger partial charge is 0.315 e. The van der Waals surface area contributed by atoms with E-state index in [9.17, 15) is 26.4 Å². The van der Waals surface area contributed by atoms with Gasteiger partial charge in [0.2, 0.25) is 15.9 Å². The van der Waals surface area contributed by atoms with E-state index in [4.69, 9.17) is 0 Å². The van der Waals surface area contributed by atoms with E-state index >= 15 is 0 Å². The number of halogens is 3. The van der Waals surface area contributed by atoms with Crippen molar-refractivity contribution in [3.8, 4) is 0 Å². The van der Waals surface area contributed by atoms with E-state index in [2.05, 4.69) is 5.32 Å². The predicted molar refractivity (Wildman–Crippen MR) is 56.1 cm³/mol. The molecule has 2 N–H and O–H groups in total. The Labute approximate surface area is 102 Å². The molecule has 1 amide bonds. The van der Waals surface area contributed by atoms with Gasteiger partial charge in [0.1, 0.15) is 0 Å². The third-order valence-corrected chi connectivity index (χ3v) is 5.15. The molecule has 1 aliphatic heterocycles. The van der Waals surface area contributed by atoms with Crippen LogP contribution in [0.4, 0.5) is 13.2 Å². The van der Waals surface area contributed by atoms with Gasteiger partial charge >= 0.3 is 6.18 Å². The van der Waals surface area contributed by atoms with Crippen LogP contribution in [0.2, 0.25) is 0 Å². The minimum Gasteiger partial charge on any atom is -0.315 e. The van der Waals surface area contributed by atoms with Crippen LogP contribution in [0.15, 0.2) is 0 Å². The Hall–Kier alpha value is -0.830. The molecule has 1 aliphatic carbocycles. The van der Waals surface area contributed by atoms with Gasteiger partial charge in [-0.05, 0) is 25.8 Å². The first-order valence-electron chi connectivity index (χ1n) is 5.52. The number of hydrogen-bond acceptors (Lipinski definition) is 4. The highest BCUT2D eigenvalue weighted by Gasteiger charge is 2.62. The number of sulfonamides is 1. The average molecular weight is 286 g/mol. The highest BCUT2D eigenvalue weighted by Crippen LogP contribution is 2.43. The van der Waals surface area contributed by atoms with Gasteiger partial charge in [0, 0.05) is 6.54 Å². The normalized spacial score (nSPS) is 29.3. The van der Waals surface area contributed by atoms with Crippen molar-refractivity contribution in [3.05, 3.63) is 0 Å². The van der Waals surface area contributed by atoms with Gasteiger partial charge in [-0.1, -0.05) is 0 Å². The number of carbonyl (C=O) groups is 1. The lowest BCUT2D eigenvalue weighted by molar-refractivity contribution is -0.215. The Morgan fingerprint density at radius 3 is 2.33 bits per heavy atom. The molecule has 1 heterocycles. The van der Waals surface area contributed by atoms with E-state index in [1.807, 2.05) is 0 Å². The highest BCUT2D eigenvalue weighted by molar-refractivity contribution is 7.90. The van der Waals surface area contributed by atoms with Crippen LogP contribution in [0.25, 0.3) is 0 Å². The van der Waals surface area contributed by atoms with Crippen LogP contribution in [-0.2, 0) is 14.8 Å². The van der Waals surface area contributed by atoms with Crippen LogP contribution in [0.1, 0.15) is 19.3 Å². The summed E-state index contributed by atoms with van der Waals surface area (Å²) in [4.78, 5) is 11.7. The van der Waals surface area contributed by atoms with E-state index in [-0.39, 0.29) is 6.54 Å². The molecule has 0 aromatic heterocycles. The lowest BCUT2D eigenvalue weighted by atomic mass is 9.85. The molecular formula is C9H13F3N2O3S. The molecule has 5 nitrogen and oxygen atoms in total. The maximum Gasteiger partial charge on any atom is 0.404 e. The fourth-order valence-corrected chi connectivity index (χ4v) is 3.32. The maximum absolute atomic E-state index is 13.0. The second-order valence-electron chi connectivity index (χ2n) is 4.68. The number of rotatable bonds is 3. The molecule has 2 aliphatic rings. The molecule has 2 rings (SSSR count). The zero-order valence-corrected chi connectivity index (χ0v) is 10.2. The Morgan fingerprint density at radius 1 is 1.33 bits per heavy atom. The van der Waals surface area contributed by atoms with Crippen molar-refractivity contribution < 1.29 is 26.4 Å². The predicted octanol–water partition coefficient (Wildman–Crippen LogP) is 0.137. The lowest BCUT2D eigenvalue weighted by Crippen LogP contribution is -2.53. The summed E-state index contributed by atoms with van der Waals surface area (Å²) < 4.78 is 63.5. The maximum atomic E-state index is 13.0. The van der Waals surface area contributed by atoms with E-state index in [0.717, 1.165) is 0 Å². The first kappa shape index (κ1) is 13.6.